The molecule has 0 radical (unpaired) electrons. The smallest absolute Gasteiger partial charge is 0.257 e. The molecule has 1 aliphatic rings. The van der Waals surface area contributed by atoms with Gasteiger partial charge in [0.15, 0.2) is 5.16 Å². The summed E-state index contributed by atoms with van der Waals surface area (Å²) in [6.45, 7) is 5.94. The van der Waals surface area contributed by atoms with Crippen LogP contribution in [0, 0.1) is 6.92 Å². The summed E-state index contributed by atoms with van der Waals surface area (Å²) in [5.41, 5.74) is 3.39. The maximum atomic E-state index is 13.1. The van der Waals surface area contributed by atoms with Crippen LogP contribution >= 0.6 is 11.8 Å². The molecule has 0 aliphatic carbocycles. The summed E-state index contributed by atoms with van der Waals surface area (Å²) in [5.74, 6) is 1.11. The first-order chi connectivity index (χ1) is 14.9. The molecule has 1 aromatic heterocycles. The number of aromatic nitrogens is 2. The van der Waals surface area contributed by atoms with E-state index in [9.17, 15) is 9.59 Å². The summed E-state index contributed by atoms with van der Waals surface area (Å²) in [6, 6.07) is 15.8. The number of hydrogen-bond acceptors (Lipinski definition) is 5. The molecule has 0 bridgehead atoms. The Balaban J connectivity index is 1.66. The molecule has 0 fully saturated rings. The van der Waals surface area contributed by atoms with E-state index in [1.807, 2.05) is 45.0 Å². The topological polar surface area (TPSA) is 84.1 Å². The van der Waals surface area contributed by atoms with E-state index in [-0.39, 0.29) is 24.0 Å². The third-order valence-corrected chi connectivity index (χ3v) is 6.03. The van der Waals surface area contributed by atoms with Crippen molar-refractivity contribution in [2.75, 3.05) is 5.32 Å². The molecule has 0 spiro atoms. The Morgan fingerprint density at radius 2 is 1.87 bits per heavy atom. The zero-order chi connectivity index (χ0) is 22.0. The van der Waals surface area contributed by atoms with Crippen molar-refractivity contribution >= 4 is 23.5 Å². The number of nitrogens with zero attached hydrogens (tertiary/aromatic N) is 1. The normalized spacial score (nSPS) is 15.5. The zero-order valence-electron chi connectivity index (χ0n) is 17.8. The van der Waals surface area contributed by atoms with E-state index in [0.717, 1.165) is 11.1 Å². The van der Waals surface area contributed by atoms with Crippen molar-refractivity contribution in [3.63, 3.8) is 0 Å². The van der Waals surface area contributed by atoms with Crippen molar-refractivity contribution in [3.8, 4) is 5.75 Å². The van der Waals surface area contributed by atoms with Crippen LogP contribution in [0.25, 0.3) is 0 Å². The molecule has 1 aliphatic heterocycles. The standard InChI is InChI=1S/C24H25N3O3S/c1-14(2)30-19-7-5-4-6-17(19)18-12-20(28)25-22-21(18)23(29)27-24(26-22)31-13-16-10-8-15(3)9-11-16/h4-11,14,18H,12-13H2,1-3H3,(H2,25,26,27,28,29)/t18-/m0/s1. The summed E-state index contributed by atoms with van der Waals surface area (Å²) >= 11 is 1.43. The number of thioether (sulfide) groups is 1. The van der Waals surface area contributed by atoms with Gasteiger partial charge in [-0.2, -0.15) is 0 Å². The van der Waals surface area contributed by atoms with Gasteiger partial charge in [-0.3, -0.25) is 9.59 Å². The Labute approximate surface area is 185 Å². The first-order valence-corrected chi connectivity index (χ1v) is 11.3. The van der Waals surface area contributed by atoms with Crippen molar-refractivity contribution in [2.24, 2.45) is 0 Å². The monoisotopic (exact) mass is 435 g/mol. The molecule has 2 N–H and O–H groups in total. The lowest BCUT2D eigenvalue weighted by atomic mass is 9.86. The Kier molecular flexibility index (Phi) is 6.13. The average Bonchev–Trinajstić information content (AvgIpc) is 2.72. The van der Waals surface area contributed by atoms with Crippen LogP contribution in [0.5, 0.6) is 5.75 Å². The number of carbonyl (C=O) groups is 1. The van der Waals surface area contributed by atoms with Crippen LogP contribution < -0.4 is 15.6 Å². The maximum absolute atomic E-state index is 13.1. The van der Waals surface area contributed by atoms with Crippen LogP contribution in [-0.4, -0.2) is 22.0 Å². The number of hydrogen-bond donors (Lipinski definition) is 2. The van der Waals surface area contributed by atoms with Gasteiger partial charge in [-0.05, 0) is 32.4 Å². The Morgan fingerprint density at radius 3 is 2.61 bits per heavy atom. The van der Waals surface area contributed by atoms with Gasteiger partial charge in [-0.25, -0.2) is 4.98 Å². The number of fused-ring (bicyclic) bond motifs is 1. The quantitative estimate of drug-likeness (QED) is 0.436. The van der Waals surface area contributed by atoms with Crippen LogP contribution in [-0.2, 0) is 10.5 Å². The van der Waals surface area contributed by atoms with Gasteiger partial charge in [0.05, 0.1) is 11.7 Å². The SMILES string of the molecule is Cc1ccc(CSc2nc3c(c(=O)[nH]2)[C@H](c2ccccc2OC(C)C)CC(=O)N3)cc1. The van der Waals surface area contributed by atoms with E-state index < -0.39 is 5.92 Å². The molecular weight excluding hydrogens is 410 g/mol. The number of aromatic amines is 1. The molecule has 0 unspecified atom stereocenters. The summed E-state index contributed by atoms with van der Waals surface area (Å²) in [7, 11) is 0. The van der Waals surface area contributed by atoms with E-state index in [2.05, 4.69) is 39.6 Å². The van der Waals surface area contributed by atoms with E-state index in [1.54, 1.807) is 0 Å². The first-order valence-electron chi connectivity index (χ1n) is 10.3. The Bertz CT molecular complexity index is 1160. The highest BCUT2D eigenvalue weighted by molar-refractivity contribution is 7.98. The first kappa shape index (κ1) is 21.2. The second kappa shape index (κ2) is 8.98. The Morgan fingerprint density at radius 1 is 1.13 bits per heavy atom. The molecule has 2 aromatic carbocycles. The highest BCUT2D eigenvalue weighted by Gasteiger charge is 2.32. The maximum Gasteiger partial charge on any atom is 0.257 e. The van der Waals surface area contributed by atoms with Crippen molar-refractivity contribution in [3.05, 3.63) is 81.1 Å². The van der Waals surface area contributed by atoms with Gasteiger partial charge in [0.1, 0.15) is 11.6 Å². The number of para-hydroxylation sites is 1. The van der Waals surface area contributed by atoms with Crippen molar-refractivity contribution in [1.29, 1.82) is 0 Å². The third-order valence-electron chi connectivity index (χ3n) is 5.08. The van der Waals surface area contributed by atoms with E-state index in [1.165, 1.54) is 17.3 Å². The molecule has 1 amide bonds. The second-order valence-electron chi connectivity index (χ2n) is 7.92. The largest absolute Gasteiger partial charge is 0.491 e. The molecule has 2 heterocycles. The zero-order valence-corrected chi connectivity index (χ0v) is 18.6. The number of carbonyl (C=O) groups excluding carboxylic acids is 1. The minimum atomic E-state index is -0.411. The fourth-order valence-electron chi connectivity index (χ4n) is 3.65. The van der Waals surface area contributed by atoms with Crippen LogP contribution in [0.4, 0.5) is 5.82 Å². The van der Waals surface area contributed by atoms with Crippen LogP contribution in [0.15, 0.2) is 58.5 Å². The predicted octanol–water partition coefficient (Wildman–Crippen LogP) is 4.63. The fourth-order valence-corrected chi connectivity index (χ4v) is 4.47. The van der Waals surface area contributed by atoms with Crippen molar-refractivity contribution in [2.45, 2.75) is 50.1 Å². The summed E-state index contributed by atoms with van der Waals surface area (Å²) < 4.78 is 5.94. The van der Waals surface area contributed by atoms with Gasteiger partial charge < -0.3 is 15.0 Å². The van der Waals surface area contributed by atoms with E-state index in [0.29, 0.717) is 28.0 Å². The Hall–Kier alpha value is -3.06. The van der Waals surface area contributed by atoms with Crippen LogP contribution in [0.3, 0.4) is 0 Å². The average molecular weight is 436 g/mol. The summed E-state index contributed by atoms with van der Waals surface area (Å²) in [6.07, 6.45) is 0.154. The molecule has 160 valence electrons. The minimum absolute atomic E-state index is 0.0185. The van der Waals surface area contributed by atoms with Gasteiger partial charge >= 0.3 is 0 Å². The highest BCUT2D eigenvalue weighted by atomic mass is 32.2. The van der Waals surface area contributed by atoms with Gasteiger partial charge in [-0.15, -0.1) is 0 Å². The molecule has 0 saturated heterocycles. The number of benzene rings is 2. The van der Waals surface area contributed by atoms with Crippen LogP contribution in [0.2, 0.25) is 0 Å². The van der Waals surface area contributed by atoms with Crippen molar-refractivity contribution in [1.82, 2.24) is 9.97 Å². The number of rotatable bonds is 6. The van der Waals surface area contributed by atoms with Gasteiger partial charge in [0, 0.05) is 23.7 Å². The predicted molar refractivity (Wildman–Crippen MR) is 123 cm³/mol. The number of amides is 1. The minimum Gasteiger partial charge on any atom is -0.491 e. The lowest BCUT2D eigenvalue weighted by Gasteiger charge is -2.26. The molecule has 31 heavy (non-hydrogen) atoms. The highest BCUT2D eigenvalue weighted by Crippen LogP contribution is 2.39. The van der Waals surface area contributed by atoms with Gasteiger partial charge in [-0.1, -0.05) is 59.8 Å². The molecule has 0 saturated carbocycles. The van der Waals surface area contributed by atoms with Crippen LogP contribution in [0.1, 0.15) is 48.4 Å². The summed E-state index contributed by atoms with van der Waals surface area (Å²) in [5, 5.41) is 3.27. The molecular formula is C24H25N3O3S. The number of ether oxygens (including phenoxy) is 1. The lowest BCUT2D eigenvalue weighted by molar-refractivity contribution is -0.116. The number of aryl methyl sites for hydroxylation is 1. The third kappa shape index (κ3) is 4.82. The number of H-pyrrole nitrogens is 1. The molecule has 3 aromatic rings. The van der Waals surface area contributed by atoms with Gasteiger partial charge in [0.25, 0.3) is 5.56 Å². The van der Waals surface area contributed by atoms with E-state index >= 15 is 0 Å². The fraction of sp³-hybridized carbons (Fsp3) is 0.292. The van der Waals surface area contributed by atoms with Crippen molar-refractivity contribution < 1.29 is 9.53 Å². The molecule has 4 rings (SSSR count). The molecule has 1 atom stereocenters. The lowest BCUT2D eigenvalue weighted by Crippen LogP contribution is -2.31. The van der Waals surface area contributed by atoms with E-state index in [4.69, 9.17) is 4.74 Å². The number of nitrogens with one attached hydrogen (secondary N) is 2. The number of anilines is 1. The van der Waals surface area contributed by atoms with Gasteiger partial charge in [0.2, 0.25) is 5.91 Å². The second-order valence-corrected chi connectivity index (χ2v) is 8.88. The molecule has 7 heteroatoms. The summed E-state index contributed by atoms with van der Waals surface area (Å²) in [4.78, 5) is 33.0. The molecule has 6 nitrogen and oxygen atoms in total.